The zero-order valence-corrected chi connectivity index (χ0v) is 18.9. The molecule has 0 saturated heterocycles. The van der Waals surface area contributed by atoms with Gasteiger partial charge in [0.05, 0.1) is 18.3 Å². The second-order valence-electron chi connectivity index (χ2n) is 8.27. The number of nitrogens with two attached hydrogens (primary N) is 1. The van der Waals surface area contributed by atoms with Crippen LogP contribution >= 0.6 is 0 Å². The number of hydrogen-bond acceptors (Lipinski definition) is 3. The van der Waals surface area contributed by atoms with Crippen LogP contribution in [0.2, 0.25) is 0 Å². The van der Waals surface area contributed by atoms with E-state index in [4.69, 9.17) is 5.73 Å². The molecule has 1 atom stereocenters. The van der Waals surface area contributed by atoms with Crippen molar-refractivity contribution in [3.63, 3.8) is 0 Å². The zero-order valence-electron chi connectivity index (χ0n) is 18.9. The molecule has 1 aliphatic heterocycles. The van der Waals surface area contributed by atoms with Crippen molar-refractivity contribution in [2.75, 3.05) is 17.7 Å². The highest BCUT2D eigenvalue weighted by atomic mass is 19.1. The Labute approximate surface area is 198 Å². The Bertz CT molecular complexity index is 1290. The third kappa shape index (κ3) is 4.51. The van der Waals surface area contributed by atoms with Crippen LogP contribution in [0.5, 0.6) is 0 Å². The first-order valence-corrected chi connectivity index (χ1v) is 10.7. The third-order valence-corrected chi connectivity index (χ3v) is 6.15. The summed E-state index contributed by atoms with van der Waals surface area (Å²) in [5.74, 6) is -4.55. The van der Waals surface area contributed by atoms with E-state index >= 15 is 0 Å². The van der Waals surface area contributed by atoms with Gasteiger partial charge in [0.25, 0.3) is 5.91 Å². The summed E-state index contributed by atoms with van der Waals surface area (Å²) in [7, 11) is 1.61. The van der Waals surface area contributed by atoms with E-state index in [1.165, 1.54) is 40.1 Å². The predicted octanol–water partition coefficient (Wildman–Crippen LogP) is 4.89. The summed E-state index contributed by atoms with van der Waals surface area (Å²) in [5, 5.41) is 2.40. The van der Waals surface area contributed by atoms with E-state index in [0.717, 1.165) is 0 Å². The van der Waals surface area contributed by atoms with Crippen molar-refractivity contribution >= 4 is 23.3 Å². The van der Waals surface area contributed by atoms with E-state index in [1.807, 2.05) is 6.92 Å². The molecule has 182 valence electrons. The number of anilines is 2. The van der Waals surface area contributed by atoms with Crippen molar-refractivity contribution in [3.8, 4) is 0 Å². The molecule has 0 bridgehead atoms. The molecule has 0 aromatic heterocycles. The number of halogens is 4. The molecule has 3 amide bonds. The van der Waals surface area contributed by atoms with Crippen molar-refractivity contribution in [1.29, 1.82) is 0 Å². The number of urea groups is 1. The van der Waals surface area contributed by atoms with Crippen molar-refractivity contribution in [3.05, 3.63) is 94.1 Å². The second kappa shape index (κ2) is 9.28. The van der Waals surface area contributed by atoms with Crippen molar-refractivity contribution in [2.24, 2.45) is 0 Å². The first kappa shape index (κ1) is 24.1. The molecule has 1 heterocycles. The molecule has 10 heteroatoms. The zero-order chi connectivity index (χ0) is 25.4. The van der Waals surface area contributed by atoms with Crippen LogP contribution in [-0.2, 0) is 13.1 Å². The minimum atomic E-state index is -1.12. The third-order valence-electron chi connectivity index (χ3n) is 6.15. The number of nitrogens with one attached hydrogen (secondary N) is 1. The molecule has 3 aromatic carbocycles. The van der Waals surface area contributed by atoms with Gasteiger partial charge in [0.1, 0.15) is 23.3 Å². The van der Waals surface area contributed by atoms with Crippen LogP contribution in [0.1, 0.15) is 40.0 Å². The van der Waals surface area contributed by atoms with Crippen LogP contribution in [0, 0.1) is 23.3 Å². The molecular formula is C25H22F4N4O2. The van der Waals surface area contributed by atoms with E-state index in [2.05, 4.69) is 5.32 Å². The summed E-state index contributed by atoms with van der Waals surface area (Å²) in [6.45, 7) is 1.13. The fourth-order valence-electron chi connectivity index (χ4n) is 4.00. The highest BCUT2D eigenvalue weighted by molar-refractivity contribution is 6.00. The number of benzene rings is 3. The smallest absolute Gasteiger partial charge is 0.325 e. The van der Waals surface area contributed by atoms with Gasteiger partial charge in [-0.1, -0.05) is 12.1 Å². The fourth-order valence-corrected chi connectivity index (χ4v) is 4.00. The number of carbonyl (C=O) groups is 2. The lowest BCUT2D eigenvalue weighted by atomic mass is 9.98. The van der Waals surface area contributed by atoms with Gasteiger partial charge in [0.15, 0.2) is 0 Å². The number of nitrogen functional groups attached to an aromatic ring is 1. The van der Waals surface area contributed by atoms with Gasteiger partial charge in [0, 0.05) is 48.1 Å². The Kier molecular flexibility index (Phi) is 6.38. The van der Waals surface area contributed by atoms with E-state index < -0.39 is 47.3 Å². The summed E-state index contributed by atoms with van der Waals surface area (Å²) in [5.41, 5.74) is 6.97. The molecule has 0 saturated carbocycles. The van der Waals surface area contributed by atoms with Gasteiger partial charge in [-0.25, -0.2) is 22.4 Å². The average Bonchev–Trinajstić information content (AvgIpc) is 2.80. The molecule has 4 rings (SSSR count). The van der Waals surface area contributed by atoms with Gasteiger partial charge in [-0.05, 0) is 36.8 Å². The normalized spacial score (nSPS) is 15.3. The molecule has 3 N–H and O–H groups in total. The maximum atomic E-state index is 14.5. The minimum absolute atomic E-state index is 0.114. The van der Waals surface area contributed by atoms with E-state index in [1.54, 1.807) is 13.1 Å². The first-order valence-electron chi connectivity index (χ1n) is 10.7. The molecular weight excluding hydrogens is 464 g/mol. The summed E-state index contributed by atoms with van der Waals surface area (Å²) >= 11 is 0. The highest BCUT2D eigenvalue weighted by Crippen LogP contribution is 2.38. The molecule has 0 unspecified atom stereocenters. The van der Waals surface area contributed by atoms with Gasteiger partial charge in [-0.2, -0.15) is 0 Å². The number of carbonyl (C=O) groups excluding carboxylic acids is 2. The van der Waals surface area contributed by atoms with Crippen molar-refractivity contribution in [1.82, 2.24) is 10.2 Å². The summed E-state index contributed by atoms with van der Waals surface area (Å²) in [4.78, 5) is 28.7. The number of hydrogen-bond donors (Lipinski definition) is 2. The molecule has 3 aromatic rings. The van der Waals surface area contributed by atoms with Crippen LogP contribution in [0.3, 0.4) is 0 Å². The fraction of sp³-hybridized carbons (Fsp3) is 0.200. The van der Waals surface area contributed by atoms with Gasteiger partial charge in [0.2, 0.25) is 0 Å². The van der Waals surface area contributed by atoms with Crippen molar-refractivity contribution < 1.29 is 27.2 Å². The Balaban J connectivity index is 1.65. The Morgan fingerprint density at radius 2 is 1.69 bits per heavy atom. The number of nitrogens with zero attached hydrogens (tertiary/aromatic N) is 2. The average molecular weight is 486 g/mol. The summed E-state index contributed by atoms with van der Waals surface area (Å²) in [6.07, 6.45) is 0. The molecule has 0 radical (unpaired) electrons. The number of rotatable bonds is 5. The maximum absolute atomic E-state index is 14.5. The van der Waals surface area contributed by atoms with E-state index in [0.29, 0.717) is 23.4 Å². The van der Waals surface area contributed by atoms with Crippen molar-refractivity contribution in [2.45, 2.75) is 26.1 Å². The molecule has 35 heavy (non-hydrogen) atoms. The SMILES string of the molecule is C[C@H]1c2ccc(C(=O)NCc3c(F)cc(F)cc3F)cc2N(Cc2c(N)cccc2F)C(=O)N1C. The number of amides is 3. The monoisotopic (exact) mass is 486 g/mol. The topological polar surface area (TPSA) is 78.7 Å². The maximum Gasteiger partial charge on any atom is 0.325 e. The summed E-state index contributed by atoms with van der Waals surface area (Å²) in [6, 6.07) is 9.17. The summed E-state index contributed by atoms with van der Waals surface area (Å²) < 4.78 is 55.4. The lowest BCUT2D eigenvalue weighted by Gasteiger charge is -2.40. The molecule has 0 aliphatic carbocycles. The Hall–Kier alpha value is -4.08. The van der Waals surface area contributed by atoms with E-state index in [-0.39, 0.29) is 29.4 Å². The second-order valence-corrected chi connectivity index (χ2v) is 8.27. The largest absolute Gasteiger partial charge is 0.398 e. The Morgan fingerprint density at radius 3 is 2.34 bits per heavy atom. The highest BCUT2D eigenvalue weighted by Gasteiger charge is 2.34. The Morgan fingerprint density at radius 1 is 1.00 bits per heavy atom. The quantitative estimate of drug-likeness (QED) is 0.398. The minimum Gasteiger partial charge on any atom is -0.398 e. The van der Waals surface area contributed by atoms with Crippen LogP contribution in [-0.4, -0.2) is 23.9 Å². The molecule has 0 spiro atoms. The van der Waals surface area contributed by atoms with Gasteiger partial charge >= 0.3 is 6.03 Å². The van der Waals surface area contributed by atoms with Crippen LogP contribution in [0.25, 0.3) is 0 Å². The van der Waals surface area contributed by atoms with Crippen LogP contribution < -0.4 is 16.0 Å². The van der Waals surface area contributed by atoms with Gasteiger partial charge in [-0.15, -0.1) is 0 Å². The standard InChI is InChI=1S/C25H22F4N4O2/c1-13-16-7-6-14(24(34)31-11-17-20(28)9-15(26)10-21(17)29)8-23(16)33(25(35)32(13)2)12-18-19(27)4-3-5-22(18)30/h3-10,13H,11-12,30H2,1-2H3,(H,31,34)/t13-/m0/s1. The molecule has 1 aliphatic rings. The first-order chi connectivity index (χ1) is 16.6. The number of fused-ring (bicyclic) bond motifs is 1. The lowest BCUT2D eigenvalue weighted by molar-refractivity contribution is 0.0950. The van der Waals surface area contributed by atoms with E-state index in [9.17, 15) is 27.2 Å². The predicted molar refractivity (Wildman–Crippen MR) is 122 cm³/mol. The molecule has 6 nitrogen and oxygen atoms in total. The van der Waals surface area contributed by atoms with Crippen LogP contribution in [0.4, 0.5) is 33.7 Å². The van der Waals surface area contributed by atoms with Crippen LogP contribution in [0.15, 0.2) is 48.5 Å². The lowest BCUT2D eigenvalue weighted by Crippen LogP contribution is -2.46. The van der Waals surface area contributed by atoms with Gasteiger partial charge < -0.3 is 16.0 Å². The van der Waals surface area contributed by atoms with Gasteiger partial charge in [-0.3, -0.25) is 9.69 Å². The molecule has 0 fully saturated rings.